The minimum atomic E-state index is -0.103. The number of benzene rings is 1. The molecule has 1 aliphatic heterocycles. The summed E-state index contributed by atoms with van der Waals surface area (Å²) in [7, 11) is 0. The first-order valence-corrected chi connectivity index (χ1v) is 6.83. The molecule has 0 radical (unpaired) electrons. The van der Waals surface area contributed by atoms with Crippen molar-refractivity contribution in [2.75, 3.05) is 23.3 Å². The van der Waals surface area contributed by atoms with E-state index < -0.39 is 0 Å². The lowest BCUT2D eigenvalue weighted by atomic mass is 10.2. The van der Waals surface area contributed by atoms with Crippen LogP contribution in [0.5, 0.6) is 0 Å². The van der Waals surface area contributed by atoms with E-state index in [-0.39, 0.29) is 5.82 Å². The van der Waals surface area contributed by atoms with E-state index in [4.69, 9.17) is 0 Å². The van der Waals surface area contributed by atoms with Gasteiger partial charge in [0.25, 0.3) is 0 Å². The topological polar surface area (TPSA) is 15.3 Å². The van der Waals surface area contributed by atoms with Crippen LogP contribution in [0.3, 0.4) is 0 Å². The van der Waals surface area contributed by atoms with Gasteiger partial charge in [-0.15, -0.1) is 0 Å². The first-order valence-electron chi connectivity index (χ1n) is 5.75. The zero-order valence-electron chi connectivity index (χ0n) is 8.97. The Kier molecular flexibility index (Phi) is 2.69. The van der Waals surface area contributed by atoms with E-state index in [1.165, 1.54) is 12.8 Å². The maximum Gasteiger partial charge on any atom is 0.138 e. The van der Waals surface area contributed by atoms with Crippen LogP contribution in [0.2, 0.25) is 0 Å². The van der Waals surface area contributed by atoms with E-state index in [1.807, 2.05) is 28.7 Å². The summed E-state index contributed by atoms with van der Waals surface area (Å²) >= 11 is 2.05. The van der Waals surface area contributed by atoms with Crippen molar-refractivity contribution >= 4 is 34.0 Å². The van der Waals surface area contributed by atoms with Crippen molar-refractivity contribution in [1.82, 2.24) is 0 Å². The fourth-order valence-electron chi connectivity index (χ4n) is 2.27. The van der Waals surface area contributed by atoms with Crippen molar-refractivity contribution in [1.29, 1.82) is 0 Å². The SMILES string of the molecule is Fc1cc2c(cc1I)NCCCN2C1CC1. The number of hydrogen-bond donors (Lipinski definition) is 1. The molecule has 3 rings (SSSR count). The zero-order chi connectivity index (χ0) is 11.1. The molecule has 1 aromatic carbocycles. The molecular weight excluding hydrogens is 318 g/mol. The van der Waals surface area contributed by atoms with Crippen LogP contribution in [0.1, 0.15) is 19.3 Å². The minimum absolute atomic E-state index is 0.103. The van der Waals surface area contributed by atoms with Crippen LogP contribution in [0.25, 0.3) is 0 Å². The summed E-state index contributed by atoms with van der Waals surface area (Å²) in [6.07, 6.45) is 3.64. The summed E-state index contributed by atoms with van der Waals surface area (Å²) in [6.45, 7) is 2.03. The molecule has 0 aromatic heterocycles. The molecule has 0 amide bonds. The molecule has 0 saturated heterocycles. The Balaban J connectivity index is 2.05. The van der Waals surface area contributed by atoms with Gasteiger partial charge in [-0.1, -0.05) is 0 Å². The molecule has 2 nitrogen and oxygen atoms in total. The highest BCUT2D eigenvalue weighted by Gasteiger charge is 2.31. The predicted octanol–water partition coefficient (Wildman–Crippen LogP) is 3.21. The van der Waals surface area contributed by atoms with Crippen molar-refractivity contribution in [3.63, 3.8) is 0 Å². The third-order valence-corrected chi connectivity index (χ3v) is 4.05. The predicted molar refractivity (Wildman–Crippen MR) is 72.6 cm³/mol. The fourth-order valence-corrected chi connectivity index (χ4v) is 2.74. The molecule has 4 heteroatoms. The van der Waals surface area contributed by atoms with Crippen molar-refractivity contribution in [2.24, 2.45) is 0 Å². The van der Waals surface area contributed by atoms with Crippen LogP contribution < -0.4 is 10.2 Å². The number of rotatable bonds is 1. The number of nitrogens with zero attached hydrogens (tertiary/aromatic N) is 1. The quantitative estimate of drug-likeness (QED) is 0.795. The molecule has 1 N–H and O–H groups in total. The van der Waals surface area contributed by atoms with Gasteiger partial charge in [0.2, 0.25) is 0 Å². The average molecular weight is 332 g/mol. The maximum atomic E-state index is 13.6. The number of hydrogen-bond acceptors (Lipinski definition) is 2. The fraction of sp³-hybridized carbons (Fsp3) is 0.500. The molecule has 0 bridgehead atoms. The maximum absolute atomic E-state index is 13.6. The molecule has 2 aliphatic rings. The van der Waals surface area contributed by atoms with Gasteiger partial charge in [0.15, 0.2) is 0 Å². The van der Waals surface area contributed by atoms with E-state index in [0.29, 0.717) is 9.61 Å². The Hall–Kier alpha value is -0.520. The summed E-state index contributed by atoms with van der Waals surface area (Å²) in [5, 5.41) is 3.39. The lowest BCUT2D eigenvalue weighted by molar-refractivity contribution is 0.619. The Morgan fingerprint density at radius 2 is 2.19 bits per heavy atom. The molecule has 1 heterocycles. The van der Waals surface area contributed by atoms with Crippen LogP contribution in [0.15, 0.2) is 12.1 Å². The first kappa shape index (κ1) is 10.6. The van der Waals surface area contributed by atoms with Gasteiger partial charge in [-0.25, -0.2) is 4.39 Å². The number of nitrogens with one attached hydrogen (secondary N) is 1. The second-order valence-electron chi connectivity index (χ2n) is 4.49. The van der Waals surface area contributed by atoms with Crippen LogP contribution in [0.4, 0.5) is 15.8 Å². The molecule has 0 spiro atoms. The van der Waals surface area contributed by atoms with Crippen molar-refractivity contribution in [3.05, 3.63) is 21.5 Å². The lowest BCUT2D eigenvalue weighted by Crippen LogP contribution is -2.26. The summed E-state index contributed by atoms with van der Waals surface area (Å²) < 4.78 is 14.3. The second-order valence-corrected chi connectivity index (χ2v) is 5.65. The van der Waals surface area contributed by atoms with Crippen LogP contribution in [0, 0.1) is 9.39 Å². The minimum Gasteiger partial charge on any atom is -0.383 e. The van der Waals surface area contributed by atoms with E-state index in [1.54, 1.807) is 6.07 Å². The van der Waals surface area contributed by atoms with Crippen LogP contribution >= 0.6 is 22.6 Å². The summed E-state index contributed by atoms with van der Waals surface area (Å²) in [5.74, 6) is -0.103. The van der Waals surface area contributed by atoms with Crippen LogP contribution in [-0.2, 0) is 0 Å². The second kappa shape index (κ2) is 4.05. The molecule has 1 fully saturated rings. The van der Waals surface area contributed by atoms with Crippen molar-refractivity contribution in [2.45, 2.75) is 25.3 Å². The highest BCUT2D eigenvalue weighted by Crippen LogP contribution is 2.38. The summed E-state index contributed by atoms with van der Waals surface area (Å²) in [6, 6.07) is 4.26. The molecule has 86 valence electrons. The Bertz CT molecular complexity index is 418. The number of halogens is 2. The third kappa shape index (κ3) is 1.87. The normalized spacial score (nSPS) is 20.0. The Morgan fingerprint density at radius 1 is 1.38 bits per heavy atom. The smallest absolute Gasteiger partial charge is 0.138 e. The summed E-state index contributed by atoms with van der Waals surface area (Å²) in [5.41, 5.74) is 2.15. The molecule has 0 unspecified atom stereocenters. The molecule has 1 aromatic rings. The number of fused-ring (bicyclic) bond motifs is 1. The van der Waals surface area contributed by atoms with Crippen molar-refractivity contribution < 1.29 is 4.39 Å². The van der Waals surface area contributed by atoms with Gasteiger partial charge in [0.05, 0.1) is 14.9 Å². The van der Waals surface area contributed by atoms with E-state index in [2.05, 4.69) is 10.2 Å². The highest BCUT2D eigenvalue weighted by atomic mass is 127. The van der Waals surface area contributed by atoms with Gasteiger partial charge in [0, 0.05) is 25.2 Å². The average Bonchev–Trinajstić information content (AvgIpc) is 3.05. The first-order chi connectivity index (χ1) is 7.75. The van der Waals surface area contributed by atoms with Gasteiger partial charge >= 0.3 is 0 Å². The van der Waals surface area contributed by atoms with Gasteiger partial charge in [-0.2, -0.15) is 0 Å². The molecule has 0 atom stereocenters. The van der Waals surface area contributed by atoms with Crippen LogP contribution in [-0.4, -0.2) is 19.1 Å². The molecule has 16 heavy (non-hydrogen) atoms. The standard InChI is InChI=1S/C12H14FIN2/c13-9-6-12-11(7-10(9)14)15-4-1-5-16(12)8-2-3-8/h6-8,15H,1-5H2. The van der Waals surface area contributed by atoms with E-state index >= 15 is 0 Å². The van der Waals surface area contributed by atoms with Gasteiger partial charge < -0.3 is 10.2 Å². The Morgan fingerprint density at radius 3 is 2.94 bits per heavy atom. The largest absolute Gasteiger partial charge is 0.383 e. The summed E-state index contributed by atoms with van der Waals surface area (Å²) in [4.78, 5) is 2.37. The highest BCUT2D eigenvalue weighted by molar-refractivity contribution is 14.1. The molecular formula is C12H14FIN2. The zero-order valence-corrected chi connectivity index (χ0v) is 11.1. The van der Waals surface area contributed by atoms with E-state index in [0.717, 1.165) is 30.9 Å². The van der Waals surface area contributed by atoms with Gasteiger partial charge in [0.1, 0.15) is 5.82 Å². The third-order valence-electron chi connectivity index (χ3n) is 3.23. The lowest BCUT2D eigenvalue weighted by Gasteiger charge is -2.24. The molecule has 1 saturated carbocycles. The van der Waals surface area contributed by atoms with E-state index in [9.17, 15) is 4.39 Å². The number of anilines is 2. The van der Waals surface area contributed by atoms with Gasteiger partial charge in [-0.05, 0) is 47.9 Å². The van der Waals surface area contributed by atoms with Gasteiger partial charge in [-0.3, -0.25) is 0 Å². The Labute approximate surface area is 108 Å². The monoisotopic (exact) mass is 332 g/mol. The molecule has 1 aliphatic carbocycles. The van der Waals surface area contributed by atoms with Crippen molar-refractivity contribution in [3.8, 4) is 0 Å².